The third kappa shape index (κ3) is 3.95. The molecule has 0 aliphatic heterocycles. The Labute approximate surface area is 81.3 Å². The lowest BCUT2D eigenvalue weighted by molar-refractivity contribution is -0.161. The van der Waals surface area contributed by atoms with Crippen LogP contribution in [0.5, 0.6) is 0 Å². The van der Waals surface area contributed by atoms with Crippen LogP contribution in [0.15, 0.2) is 0 Å². The van der Waals surface area contributed by atoms with Gasteiger partial charge in [0.15, 0.2) is 0 Å². The summed E-state index contributed by atoms with van der Waals surface area (Å²) >= 11 is 0. The van der Waals surface area contributed by atoms with Crippen LogP contribution in [0.25, 0.3) is 0 Å². The molecule has 0 aromatic heterocycles. The first-order valence-electron chi connectivity index (χ1n) is 4.11. The number of nitrogens with one attached hydrogen (secondary N) is 1. The maximum Gasteiger partial charge on any atom is 0.406 e. The molecule has 0 spiro atoms. The first-order chi connectivity index (χ1) is 6.10. The molecule has 0 saturated heterocycles. The molecule has 0 aromatic rings. The van der Waals surface area contributed by atoms with Crippen LogP contribution < -0.4 is 5.32 Å². The van der Waals surface area contributed by atoms with Crippen LogP contribution in [-0.4, -0.2) is 43.2 Å². The fourth-order valence-corrected chi connectivity index (χ4v) is 0.925. The van der Waals surface area contributed by atoms with Crippen molar-refractivity contribution in [3.63, 3.8) is 0 Å². The van der Waals surface area contributed by atoms with E-state index in [1.165, 1.54) is 20.9 Å². The van der Waals surface area contributed by atoms with E-state index in [0.29, 0.717) is 4.90 Å². The molecule has 0 aliphatic carbocycles. The van der Waals surface area contributed by atoms with Crippen LogP contribution in [0, 0.1) is 0 Å². The summed E-state index contributed by atoms with van der Waals surface area (Å²) in [5.41, 5.74) is -0.972. The van der Waals surface area contributed by atoms with Crippen molar-refractivity contribution in [3.8, 4) is 0 Å². The number of likely N-dealkylation sites (N-methyl/N-ethyl adjacent to an activating group) is 2. The van der Waals surface area contributed by atoms with Gasteiger partial charge in [-0.05, 0) is 20.9 Å². The first kappa shape index (κ1) is 13.2. The zero-order valence-corrected chi connectivity index (χ0v) is 8.70. The van der Waals surface area contributed by atoms with Crippen LogP contribution in [0.4, 0.5) is 13.2 Å². The van der Waals surface area contributed by atoms with Gasteiger partial charge >= 0.3 is 6.18 Å². The van der Waals surface area contributed by atoms with Crippen LogP contribution in [0.1, 0.15) is 13.8 Å². The van der Waals surface area contributed by atoms with Crippen LogP contribution >= 0.6 is 0 Å². The number of carbonyl (C=O) groups excluding carboxylic acids is 1. The fraction of sp³-hybridized carbons (Fsp3) is 0.875. The van der Waals surface area contributed by atoms with Gasteiger partial charge in [-0.25, -0.2) is 0 Å². The van der Waals surface area contributed by atoms with Gasteiger partial charge < -0.3 is 10.2 Å². The highest BCUT2D eigenvalue weighted by atomic mass is 19.4. The fourth-order valence-electron chi connectivity index (χ4n) is 0.925. The van der Waals surface area contributed by atoms with Crippen molar-refractivity contribution in [3.05, 3.63) is 0 Å². The van der Waals surface area contributed by atoms with Gasteiger partial charge in [-0.2, -0.15) is 13.2 Å². The van der Waals surface area contributed by atoms with Gasteiger partial charge in [-0.3, -0.25) is 4.79 Å². The van der Waals surface area contributed by atoms with E-state index >= 15 is 0 Å². The molecule has 0 unspecified atom stereocenters. The van der Waals surface area contributed by atoms with E-state index < -0.39 is 24.2 Å². The molecule has 0 saturated carbocycles. The van der Waals surface area contributed by atoms with Crippen molar-refractivity contribution >= 4 is 5.91 Å². The Bertz CT molecular complexity index is 213. The Morgan fingerprint density at radius 3 is 2.07 bits per heavy atom. The predicted octanol–water partition coefficient (Wildman–Crippen LogP) is 1.01. The van der Waals surface area contributed by atoms with Gasteiger partial charge in [0.05, 0.1) is 5.54 Å². The van der Waals surface area contributed by atoms with Crippen molar-refractivity contribution in [2.75, 3.05) is 20.6 Å². The van der Waals surface area contributed by atoms with Crippen LogP contribution in [0.3, 0.4) is 0 Å². The van der Waals surface area contributed by atoms with E-state index in [1.54, 1.807) is 0 Å². The van der Waals surface area contributed by atoms with E-state index in [-0.39, 0.29) is 0 Å². The van der Waals surface area contributed by atoms with Gasteiger partial charge in [0.25, 0.3) is 0 Å². The van der Waals surface area contributed by atoms with Crippen LogP contribution in [-0.2, 0) is 4.79 Å². The molecule has 0 fully saturated rings. The Morgan fingerprint density at radius 2 is 1.79 bits per heavy atom. The summed E-state index contributed by atoms with van der Waals surface area (Å²) < 4.78 is 35.8. The number of alkyl halides is 3. The maximum atomic E-state index is 11.9. The molecule has 0 bridgehead atoms. The average Bonchev–Trinajstić information content (AvgIpc) is 2.00. The normalized spacial score (nSPS) is 12.8. The summed E-state index contributed by atoms with van der Waals surface area (Å²) in [5.74, 6) is -0.586. The summed E-state index contributed by atoms with van der Waals surface area (Å²) in [6.45, 7) is 1.83. The average molecular weight is 212 g/mol. The van der Waals surface area contributed by atoms with Crippen molar-refractivity contribution in [2.45, 2.75) is 25.6 Å². The third-order valence-electron chi connectivity index (χ3n) is 1.92. The molecule has 0 radical (unpaired) electrons. The van der Waals surface area contributed by atoms with Gasteiger partial charge in [-0.1, -0.05) is 0 Å². The van der Waals surface area contributed by atoms with E-state index in [1.807, 2.05) is 0 Å². The summed E-state index contributed by atoms with van der Waals surface area (Å²) in [6.07, 6.45) is -4.35. The second kappa shape index (κ2) is 4.16. The standard InChI is InChI=1S/C8H15F3N2O/c1-7(2,12-3)6(14)13(4)5-8(9,10)11/h12H,5H2,1-4H3. The highest BCUT2D eigenvalue weighted by Crippen LogP contribution is 2.17. The zero-order valence-electron chi connectivity index (χ0n) is 8.70. The largest absolute Gasteiger partial charge is 0.406 e. The molecule has 84 valence electrons. The van der Waals surface area contributed by atoms with E-state index in [0.717, 1.165) is 7.05 Å². The number of nitrogens with zero attached hydrogens (tertiary/aromatic N) is 1. The maximum absolute atomic E-state index is 11.9. The Kier molecular flexibility index (Phi) is 3.93. The number of carbonyl (C=O) groups is 1. The first-order valence-corrected chi connectivity index (χ1v) is 4.11. The summed E-state index contributed by atoms with van der Waals surface area (Å²) in [7, 11) is 2.66. The van der Waals surface area contributed by atoms with Crippen molar-refractivity contribution in [1.29, 1.82) is 0 Å². The van der Waals surface area contributed by atoms with E-state index in [4.69, 9.17) is 0 Å². The molecule has 6 heteroatoms. The second-order valence-electron chi connectivity index (χ2n) is 3.65. The summed E-state index contributed by atoms with van der Waals surface area (Å²) in [6, 6.07) is 0. The lowest BCUT2D eigenvalue weighted by atomic mass is 10.0. The Morgan fingerprint density at radius 1 is 1.36 bits per heavy atom. The minimum atomic E-state index is -4.35. The quantitative estimate of drug-likeness (QED) is 0.757. The molecule has 3 nitrogen and oxygen atoms in total. The summed E-state index contributed by atoms with van der Waals surface area (Å²) in [5, 5.41) is 2.65. The highest BCUT2D eigenvalue weighted by Gasteiger charge is 2.35. The topological polar surface area (TPSA) is 32.3 Å². The lowest BCUT2D eigenvalue weighted by Gasteiger charge is -2.29. The Balaban J connectivity index is 4.41. The van der Waals surface area contributed by atoms with Gasteiger partial charge in [0.1, 0.15) is 6.54 Å². The SMILES string of the molecule is CNC(C)(C)C(=O)N(C)CC(F)(F)F. The molecule has 0 heterocycles. The lowest BCUT2D eigenvalue weighted by Crippen LogP contribution is -2.53. The minimum absolute atomic E-state index is 0.586. The Hall–Kier alpha value is -0.780. The molecule has 0 atom stereocenters. The number of hydrogen-bond donors (Lipinski definition) is 1. The number of amides is 1. The molecular weight excluding hydrogens is 197 g/mol. The number of halogens is 3. The molecule has 0 aromatic carbocycles. The predicted molar refractivity (Wildman–Crippen MR) is 46.8 cm³/mol. The second-order valence-corrected chi connectivity index (χ2v) is 3.65. The molecule has 0 aliphatic rings. The number of hydrogen-bond acceptors (Lipinski definition) is 2. The molecule has 0 rings (SSSR count). The van der Waals surface area contributed by atoms with Crippen molar-refractivity contribution < 1.29 is 18.0 Å². The van der Waals surface area contributed by atoms with Gasteiger partial charge in [0.2, 0.25) is 5.91 Å². The van der Waals surface area contributed by atoms with E-state index in [2.05, 4.69) is 5.32 Å². The van der Waals surface area contributed by atoms with Crippen molar-refractivity contribution in [2.24, 2.45) is 0 Å². The minimum Gasteiger partial charge on any atom is -0.335 e. The van der Waals surface area contributed by atoms with Crippen molar-refractivity contribution in [1.82, 2.24) is 10.2 Å². The monoisotopic (exact) mass is 212 g/mol. The smallest absolute Gasteiger partial charge is 0.335 e. The molecule has 14 heavy (non-hydrogen) atoms. The number of rotatable bonds is 3. The third-order valence-corrected chi connectivity index (χ3v) is 1.92. The van der Waals surface area contributed by atoms with E-state index in [9.17, 15) is 18.0 Å². The highest BCUT2D eigenvalue weighted by molar-refractivity contribution is 5.85. The molecule has 1 amide bonds. The van der Waals surface area contributed by atoms with Gasteiger partial charge in [0, 0.05) is 7.05 Å². The molecular formula is C8H15F3N2O. The summed E-state index contributed by atoms with van der Waals surface area (Å²) in [4.78, 5) is 12.1. The van der Waals surface area contributed by atoms with Crippen LogP contribution in [0.2, 0.25) is 0 Å². The molecule has 1 N–H and O–H groups in total. The van der Waals surface area contributed by atoms with Gasteiger partial charge in [-0.15, -0.1) is 0 Å². The zero-order chi connectivity index (χ0) is 11.6.